The molecule has 0 aliphatic heterocycles. The number of Topliss-reactive ketones (excluding diaryl/α,β-unsaturated/α-hetero) is 1. The lowest BCUT2D eigenvalue weighted by molar-refractivity contribution is -0.709. The molecule has 2 heterocycles. The summed E-state index contributed by atoms with van der Waals surface area (Å²) in [5.41, 5.74) is 5.70. The van der Waals surface area contributed by atoms with Crippen LogP contribution in [0.25, 0.3) is 10.9 Å². The maximum Gasteiger partial charge on any atom is 0.185 e. The number of pyridine rings is 1. The third-order valence-corrected chi connectivity index (χ3v) is 6.26. The fourth-order valence-electron chi connectivity index (χ4n) is 4.58. The molecule has 0 spiro atoms. The summed E-state index contributed by atoms with van der Waals surface area (Å²) in [6.45, 7) is 4.30. The van der Waals surface area contributed by atoms with Gasteiger partial charge in [0.25, 0.3) is 0 Å². The van der Waals surface area contributed by atoms with Crippen LogP contribution in [0.3, 0.4) is 0 Å². The van der Waals surface area contributed by atoms with E-state index in [0.717, 1.165) is 29.3 Å². The Morgan fingerprint density at radius 1 is 1.07 bits per heavy atom. The molecule has 2 atom stereocenters. The van der Waals surface area contributed by atoms with Crippen LogP contribution in [-0.2, 0) is 6.42 Å². The van der Waals surface area contributed by atoms with Crippen LogP contribution < -0.4 is 4.57 Å². The van der Waals surface area contributed by atoms with Crippen molar-refractivity contribution < 1.29 is 9.36 Å². The van der Waals surface area contributed by atoms with E-state index in [2.05, 4.69) is 84.0 Å². The number of carbonyl (C=O) groups is 1. The van der Waals surface area contributed by atoms with E-state index in [1.165, 1.54) is 16.7 Å². The van der Waals surface area contributed by atoms with Crippen LogP contribution >= 0.6 is 0 Å². The zero-order valence-electron chi connectivity index (χ0n) is 16.9. The van der Waals surface area contributed by atoms with Crippen molar-refractivity contribution in [3.05, 3.63) is 102 Å². The summed E-state index contributed by atoms with van der Waals surface area (Å²) in [5.74, 6) is 0.234. The minimum atomic E-state index is -0.120. The Morgan fingerprint density at radius 2 is 1.90 bits per heavy atom. The van der Waals surface area contributed by atoms with E-state index in [0.29, 0.717) is 0 Å². The second kappa shape index (κ2) is 7.00. The number of rotatable bonds is 3. The third kappa shape index (κ3) is 3.07. The van der Waals surface area contributed by atoms with Gasteiger partial charge in [-0.15, -0.1) is 0 Å². The van der Waals surface area contributed by atoms with E-state index in [1.54, 1.807) is 0 Å². The number of hydrogen-bond donors (Lipinski definition) is 0. The van der Waals surface area contributed by atoms with E-state index < -0.39 is 0 Å². The fourth-order valence-corrected chi connectivity index (χ4v) is 4.58. The summed E-state index contributed by atoms with van der Waals surface area (Å²) in [7, 11) is 0. The van der Waals surface area contributed by atoms with Crippen molar-refractivity contribution in [2.75, 3.05) is 0 Å². The Bertz CT molecular complexity index is 1210. The van der Waals surface area contributed by atoms with Gasteiger partial charge in [0.15, 0.2) is 24.2 Å². The van der Waals surface area contributed by atoms with Gasteiger partial charge < -0.3 is 4.57 Å². The molecule has 1 aliphatic rings. The summed E-state index contributed by atoms with van der Waals surface area (Å²) in [6, 6.07) is 21.1. The van der Waals surface area contributed by atoms with Crippen molar-refractivity contribution in [1.82, 2.24) is 4.57 Å². The van der Waals surface area contributed by atoms with Gasteiger partial charge in [0.05, 0.1) is 16.9 Å². The first-order chi connectivity index (χ1) is 14.1. The number of fused-ring (bicyclic) bond motifs is 2. The Hall–Kier alpha value is -3.20. The lowest BCUT2D eigenvalue weighted by Gasteiger charge is -2.25. The monoisotopic (exact) mass is 381 g/mol. The molecule has 0 saturated heterocycles. The van der Waals surface area contributed by atoms with Crippen LogP contribution in [0.4, 0.5) is 0 Å². The summed E-state index contributed by atoms with van der Waals surface area (Å²) in [6.07, 6.45) is 8.19. The van der Waals surface area contributed by atoms with E-state index >= 15 is 0 Å². The minimum absolute atomic E-state index is 0.120. The van der Waals surface area contributed by atoms with Gasteiger partial charge in [-0.3, -0.25) is 4.79 Å². The predicted octanol–water partition coefficient (Wildman–Crippen LogP) is 5.22. The first kappa shape index (κ1) is 17.9. The maximum absolute atomic E-state index is 13.2. The van der Waals surface area contributed by atoms with Crippen LogP contribution in [-0.4, -0.2) is 10.4 Å². The highest BCUT2D eigenvalue weighted by atomic mass is 16.1. The van der Waals surface area contributed by atoms with Crippen molar-refractivity contribution in [3.63, 3.8) is 0 Å². The Labute approximate surface area is 171 Å². The third-order valence-electron chi connectivity index (χ3n) is 6.26. The van der Waals surface area contributed by atoms with Crippen LogP contribution in [0.15, 0.2) is 79.3 Å². The summed E-state index contributed by atoms with van der Waals surface area (Å²) in [4.78, 5) is 13.2. The van der Waals surface area contributed by atoms with Gasteiger partial charge in [-0.05, 0) is 31.4 Å². The van der Waals surface area contributed by atoms with E-state index in [4.69, 9.17) is 0 Å². The van der Waals surface area contributed by atoms with Gasteiger partial charge in [-0.25, -0.2) is 0 Å². The van der Waals surface area contributed by atoms with Gasteiger partial charge in [-0.1, -0.05) is 54.1 Å². The maximum atomic E-state index is 13.2. The van der Waals surface area contributed by atoms with Crippen molar-refractivity contribution >= 4 is 16.7 Å². The first-order valence-corrected chi connectivity index (χ1v) is 10.3. The highest BCUT2D eigenvalue weighted by Gasteiger charge is 2.29. The molecule has 2 aromatic heterocycles. The standard InChI is InChI=1S/C26H25N2O/c1-18-8-10-23-21(16-18)9-11-25(26(23)29)28-15-12-22-17-27(14-13-24(22)28)19(2)20-6-4-3-5-7-20/h3-8,10,12-17,19,25H,9,11H2,1-2H3/q+1. The average Bonchev–Trinajstić information content (AvgIpc) is 3.17. The van der Waals surface area contributed by atoms with Crippen LogP contribution in [0.5, 0.6) is 0 Å². The van der Waals surface area contributed by atoms with Crippen molar-refractivity contribution in [1.29, 1.82) is 0 Å². The molecule has 0 radical (unpaired) electrons. The largest absolute Gasteiger partial charge is 0.336 e. The number of ketones is 1. The number of carbonyl (C=O) groups excluding carboxylic acids is 1. The van der Waals surface area contributed by atoms with Gasteiger partial charge >= 0.3 is 0 Å². The van der Waals surface area contributed by atoms with Crippen LogP contribution in [0, 0.1) is 6.92 Å². The summed E-state index contributed by atoms with van der Waals surface area (Å²) < 4.78 is 4.40. The molecule has 29 heavy (non-hydrogen) atoms. The van der Waals surface area contributed by atoms with Crippen molar-refractivity contribution in [3.8, 4) is 0 Å². The lowest BCUT2D eigenvalue weighted by Crippen LogP contribution is -2.37. The topological polar surface area (TPSA) is 25.9 Å². The number of aryl methyl sites for hydroxylation is 2. The molecule has 5 rings (SSSR count). The van der Waals surface area contributed by atoms with Crippen LogP contribution in [0.2, 0.25) is 0 Å². The highest BCUT2D eigenvalue weighted by Crippen LogP contribution is 2.32. The molecule has 0 amide bonds. The Kier molecular flexibility index (Phi) is 4.31. The molecule has 0 N–H and O–H groups in total. The van der Waals surface area contributed by atoms with Crippen molar-refractivity contribution in [2.24, 2.45) is 0 Å². The molecule has 1 aliphatic carbocycles. The number of benzene rings is 2. The molecule has 2 aromatic carbocycles. The fraction of sp³-hybridized carbons (Fsp3) is 0.231. The highest BCUT2D eigenvalue weighted by molar-refractivity contribution is 6.02. The summed E-state index contributed by atoms with van der Waals surface area (Å²) >= 11 is 0. The normalized spacial score (nSPS) is 17.3. The lowest BCUT2D eigenvalue weighted by atomic mass is 9.86. The van der Waals surface area contributed by atoms with E-state index in [-0.39, 0.29) is 17.9 Å². The molecular formula is C26H25N2O+. The Balaban J connectivity index is 1.49. The second-order valence-electron chi connectivity index (χ2n) is 8.12. The molecule has 0 bridgehead atoms. The molecule has 3 nitrogen and oxygen atoms in total. The van der Waals surface area contributed by atoms with Gasteiger partial charge in [0.1, 0.15) is 0 Å². The molecule has 0 saturated carbocycles. The quantitative estimate of drug-likeness (QED) is 0.447. The summed E-state index contributed by atoms with van der Waals surface area (Å²) in [5, 5.41) is 1.16. The van der Waals surface area contributed by atoms with Crippen molar-refractivity contribution in [2.45, 2.75) is 38.8 Å². The second-order valence-corrected chi connectivity index (χ2v) is 8.12. The van der Waals surface area contributed by atoms with Gasteiger partial charge in [0, 0.05) is 30.3 Å². The molecule has 4 aromatic rings. The molecule has 144 valence electrons. The Morgan fingerprint density at radius 3 is 2.72 bits per heavy atom. The molecule has 0 fully saturated rings. The average molecular weight is 381 g/mol. The number of nitrogens with zero attached hydrogens (tertiary/aromatic N) is 2. The molecular weight excluding hydrogens is 356 g/mol. The van der Waals surface area contributed by atoms with Crippen LogP contribution in [0.1, 0.15) is 52.5 Å². The predicted molar refractivity (Wildman–Crippen MR) is 115 cm³/mol. The zero-order chi connectivity index (χ0) is 20.0. The molecule has 3 heteroatoms. The molecule has 2 unspecified atom stereocenters. The van der Waals surface area contributed by atoms with Gasteiger partial charge in [-0.2, -0.15) is 4.57 Å². The van der Waals surface area contributed by atoms with E-state index in [9.17, 15) is 4.79 Å². The number of hydrogen-bond acceptors (Lipinski definition) is 1. The SMILES string of the molecule is Cc1ccc2c(c1)CCC(n1ccc3c[n+](C(C)c4ccccc4)ccc31)C2=O. The smallest absolute Gasteiger partial charge is 0.185 e. The first-order valence-electron chi connectivity index (χ1n) is 10.3. The zero-order valence-corrected chi connectivity index (χ0v) is 16.9. The minimum Gasteiger partial charge on any atom is -0.336 e. The van der Waals surface area contributed by atoms with Gasteiger partial charge in [0.2, 0.25) is 0 Å². The van der Waals surface area contributed by atoms with E-state index in [1.807, 2.05) is 18.2 Å². The number of aromatic nitrogens is 2.